The van der Waals surface area contributed by atoms with Crippen LogP contribution < -0.4 is 0 Å². The predicted molar refractivity (Wildman–Crippen MR) is 113 cm³/mol. The van der Waals surface area contributed by atoms with Crippen molar-refractivity contribution in [3.05, 3.63) is 52.2 Å². The summed E-state index contributed by atoms with van der Waals surface area (Å²) >= 11 is 0. The van der Waals surface area contributed by atoms with Crippen molar-refractivity contribution in [1.29, 1.82) is 0 Å². The molecule has 1 aromatic rings. The van der Waals surface area contributed by atoms with Gasteiger partial charge in [0, 0.05) is 16.7 Å². The molecule has 1 aliphatic rings. The maximum Gasteiger partial charge on any atom is 0.190 e. The Morgan fingerprint density at radius 1 is 0.769 bits per heavy atom. The Balaban J connectivity index is 2.66. The number of rotatable bonds is 8. The van der Waals surface area contributed by atoms with E-state index in [1.54, 1.807) is 0 Å². The molecule has 0 radical (unpaired) electrons. The van der Waals surface area contributed by atoms with Crippen LogP contribution in [0.25, 0.3) is 5.57 Å². The zero-order chi connectivity index (χ0) is 19.3. The zero-order valence-electron chi connectivity index (χ0n) is 16.9. The smallest absolute Gasteiger partial charge is 0.190 e. The molecule has 0 saturated heterocycles. The van der Waals surface area contributed by atoms with Crippen LogP contribution in [0.1, 0.15) is 57.9 Å². The maximum absolute atomic E-state index is 13.6. The number of carbonyl (C=O) groups excluding carboxylic acids is 2. The van der Waals surface area contributed by atoms with Crippen molar-refractivity contribution in [2.75, 3.05) is 0 Å². The minimum atomic E-state index is -1.97. The van der Waals surface area contributed by atoms with E-state index in [0.29, 0.717) is 5.57 Å². The molecular formula is C23H32O2Si. The highest BCUT2D eigenvalue weighted by Crippen LogP contribution is 2.39. The third kappa shape index (κ3) is 4.32. The molecule has 0 spiro atoms. The third-order valence-corrected chi connectivity index (χ3v) is 6.97. The standard InChI is InChI=1S/C23H32O2Si/c1-6-8-15-18-19(16-9-7-2)22(25)23(26(3,4)5)20(21(18)24)17-13-11-10-12-14-17/h10-14H,6-9,15-16H2,1-5H3. The van der Waals surface area contributed by atoms with Crippen molar-refractivity contribution in [2.24, 2.45) is 0 Å². The van der Waals surface area contributed by atoms with E-state index < -0.39 is 8.07 Å². The van der Waals surface area contributed by atoms with Gasteiger partial charge in [-0.3, -0.25) is 9.59 Å². The molecular weight excluding hydrogens is 336 g/mol. The van der Waals surface area contributed by atoms with Gasteiger partial charge in [0.1, 0.15) is 0 Å². The fourth-order valence-electron chi connectivity index (χ4n) is 3.63. The molecule has 140 valence electrons. The van der Waals surface area contributed by atoms with Crippen LogP contribution in [0.5, 0.6) is 0 Å². The van der Waals surface area contributed by atoms with Crippen LogP contribution in [-0.4, -0.2) is 19.6 Å². The SMILES string of the molecule is CCCCC1=C(CCCC)C(=O)C([Si](C)(C)C)=C(c2ccccc2)C1=O. The van der Waals surface area contributed by atoms with E-state index in [9.17, 15) is 9.59 Å². The molecule has 0 aliphatic heterocycles. The number of carbonyl (C=O) groups is 2. The minimum absolute atomic E-state index is 0.104. The van der Waals surface area contributed by atoms with Crippen molar-refractivity contribution >= 4 is 25.2 Å². The van der Waals surface area contributed by atoms with Gasteiger partial charge in [-0.05, 0) is 36.4 Å². The topological polar surface area (TPSA) is 34.1 Å². The molecule has 2 nitrogen and oxygen atoms in total. The molecule has 0 fully saturated rings. The van der Waals surface area contributed by atoms with Gasteiger partial charge in [0.25, 0.3) is 0 Å². The van der Waals surface area contributed by atoms with E-state index in [0.717, 1.165) is 60.4 Å². The number of Topliss-reactive ketones (excluding diaryl/α,β-unsaturated/α-hetero) is 2. The normalized spacial score (nSPS) is 15.9. The number of hydrogen-bond donors (Lipinski definition) is 0. The molecule has 0 unspecified atom stereocenters. The van der Waals surface area contributed by atoms with E-state index in [4.69, 9.17) is 0 Å². The van der Waals surface area contributed by atoms with Gasteiger partial charge in [0.05, 0.1) is 8.07 Å². The van der Waals surface area contributed by atoms with Gasteiger partial charge in [-0.1, -0.05) is 76.7 Å². The average molecular weight is 369 g/mol. The summed E-state index contributed by atoms with van der Waals surface area (Å²) in [6.07, 6.45) is 5.42. The lowest BCUT2D eigenvalue weighted by Gasteiger charge is -2.30. The Bertz CT molecular complexity index is 733. The van der Waals surface area contributed by atoms with Gasteiger partial charge in [-0.25, -0.2) is 0 Å². The van der Waals surface area contributed by atoms with Gasteiger partial charge < -0.3 is 0 Å². The first-order valence-corrected chi connectivity index (χ1v) is 13.4. The summed E-state index contributed by atoms with van der Waals surface area (Å²) in [6.45, 7) is 10.8. The van der Waals surface area contributed by atoms with Crippen LogP contribution in [0.4, 0.5) is 0 Å². The molecule has 0 aromatic heterocycles. The summed E-state index contributed by atoms with van der Waals surface area (Å²) in [5.41, 5.74) is 3.17. The summed E-state index contributed by atoms with van der Waals surface area (Å²) in [6, 6.07) is 9.78. The number of hydrogen-bond acceptors (Lipinski definition) is 2. The van der Waals surface area contributed by atoms with Crippen LogP contribution in [0.15, 0.2) is 46.7 Å². The Kier molecular flexibility index (Phi) is 6.93. The summed E-state index contributed by atoms with van der Waals surface area (Å²) < 4.78 is 0. The first kappa shape index (κ1) is 20.6. The highest BCUT2D eigenvalue weighted by Gasteiger charge is 2.39. The lowest BCUT2D eigenvalue weighted by atomic mass is 9.82. The molecule has 1 aliphatic carbocycles. The molecule has 0 atom stereocenters. The second-order valence-electron chi connectivity index (χ2n) is 8.19. The Morgan fingerprint density at radius 2 is 1.27 bits per heavy atom. The van der Waals surface area contributed by atoms with Gasteiger partial charge in [0.15, 0.2) is 11.6 Å². The molecule has 2 rings (SSSR count). The molecule has 0 heterocycles. The van der Waals surface area contributed by atoms with Crippen LogP contribution in [-0.2, 0) is 9.59 Å². The first-order valence-electron chi connectivity index (χ1n) is 9.94. The molecule has 0 bridgehead atoms. The molecule has 0 N–H and O–H groups in total. The quantitative estimate of drug-likeness (QED) is 0.407. The van der Waals surface area contributed by atoms with Crippen LogP contribution in [0.2, 0.25) is 19.6 Å². The van der Waals surface area contributed by atoms with E-state index in [1.165, 1.54) is 0 Å². The van der Waals surface area contributed by atoms with E-state index in [1.807, 2.05) is 30.3 Å². The average Bonchev–Trinajstić information content (AvgIpc) is 2.60. The summed E-state index contributed by atoms with van der Waals surface area (Å²) in [4.78, 5) is 27.1. The molecule has 0 saturated carbocycles. The van der Waals surface area contributed by atoms with Crippen LogP contribution >= 0.6 is 0 Å². The second-order valence-corrected chi connectivity index (χ2v) is 13.2. The van der Waals surface area contributed by atoms with Gasteiger partial charge in [0.2, 0.25) is 0 Å². The Hall–Kier alpha value is -1.74. The fraction of sp³-hybridized carbons (Fsp3) is 0.478. The van der Waals surface area contributed by atoms with Crippen molar-refractivity contribution in [3.63, 3.8) is 0 Å². The number of unbranched alkanes of at least 4 members (excludes halogenated alkanes) is 2. The van der Waals surface area contributed by atoms with Gasteiger partial charge in [-0.2, -0.15) is 0 Å². The lowest BCUT2D eigenvalue weighted by molar-refractivity contribution is -0.115. The molecule has 1 aromatic carbocycles. The van der Waals surface area contributed by atoms with E-state index in [2.05, 4.69) is 33.5 Å². The van der Waals surface area contributed by atoms with Gasteiger partial charge >= 0.3 is 0 Å². The van der Waals surface area contributed by atoms with Crippen LogP contribution in [0, 0.1) is 0 Å². The number of benzene rings is 1. The highest BCUT2D eigenvalue weighted by molar-refractivity contribution is 6.90. The second kappa shape index (κ2) is 8.76. The van der Waals surface area contributed by atoms with Crippen molar-refractivity contribution in [2.45, 2.75) is 72.0 Å². The zero-order valence-corrected chi connectivity index (χ0v) is 17.9. The van der Waals surface area contributed by atoms with Crippen LogP contribution in [0.3, 0.4) is 0 Å². The van der Waals surface area contributed by atoms with Crippen molar-refractivity contribution in [3.8, 4) is 0 Å². The van der Waals surface area contributed by atoms with E-state index >= 15 is 0 Å². The number of ketones is 2. The molecule has 0 amide bonds. The number of allylic oxidation sites excluding steroid dienone is 4. The molecule has 26 heavy (non-hydrogen) atoms. The summed E-state index contributed by atoms with van der Waals surface area (Å²) in [7, 11) is -1.97. The van der Waals surface area contributed by atoms with Gasteiger partial charge in [-0.15, -0.1) is 0 Å². The monoisotopic (exact) mass is 368 g/mol. The minimum Gasteiger partial charge on any atom is -0.290 e. The summed E-state index contributed by atoms with van der Waals surface area (Å²) in [5, 5.41) is 0.819. The van der Waals surface area contributed by atoms with Crippen molar-refractivity contribution in [1.82, 2.24) is 0 Å². The molecule has 3 heteroatoms. The largest absolute Gasteiger partial charge is 0.290 e. The van der Waals surface area contributed by atoms with Crippen molar-refractivity contribution < 1.29 is 9.59 Å². The fourth-order valence-corrected chi connectivity index (χ4v) is 5.47. The maximum atomic E-state index is 13.6. The first-order chi connectivity index (χ1) is 12.3. The van der Waals surface area contributed by atoms with E-state index in [-0.39, 0.29) is 11.6 Å². The third-order valence-electron chi connectivity index (χ3n) is 4.99. The Labute approximate surface area is 159 Å². The highest BCUT2D eigenvalue weighted by atomic mass is 28.3. The predicted octanol–water partition coefficient (Wildman–Crippen LogP) is 6.15. The Morgan fingerprint density at radius 3 is 1.73 bits per heavy atom. The lowest BCUT2D eigenvalue weighted by Crippen LogP contribution is -2.36. The summed E-state index contributed by atoms with van der Waals surface area (Å²) in [5.74, 6) is 0.259.